The summed E-state index contributed by atoms with van der Waals surface area (Å²) in [5.74, 6) is 1.94. The Morgan fingerprint density at radius 1 is 1.23 bits per heavy atom. The fraction of sp³-hybridized carbons (Fsp3) is 0.700. The van der Waals surface area contributed by atoms with Gasteiger partial charge in [0.15, 0.2) is 11.5 Å². The molecule has 1 N–H and O–H groups in total. The van der Waals surface area contributed by atoms with Crippen molar-refractivity contribution < 1.29 is 14.6 Å². The second kappa shape index (κ2) is 10.4. The summed E-state index contributed by atoms with van der Waals surface area (Å²) in [6.45, 7) is 9.61. The zero-order chi connectivity index (χ0) is 19.1. The normalized spacial score (nSPS) is 19.1. The smallest absolute Gasteiger partial charge is 0.179 e. The maximum absolute atomic E-state index is 9.46. The molecular weight excluding hydrogens is 352 g/mol. The number of benzene rings is 1. The minimum atomic E-state index is 0.230. The van der Waals surface area contributed by atoms with E-state index in [-0.39, 0.29) is 6.61 Å². The van der Waals surface area contributed by atoms with E-state index in [0.717, 1.165) is 44.7 Å². The molecule has 1 aromatic rings. The molecule has 5 nitrogen and oxygen atoms in total. The van der Waals surface area contributed by atoms with Gasteiger partial charge in [0.1, 0.15) is 0 Å². The maximum atomic E-state index is 9.46. The number of ether oxygens (including phenoxy) is 2. The highest BCUT2D eigenvalue weighted by Gasteiger charge is 2.27. The number of piperazine rings is 1. The van der Waals surface area contributed by atoms with E-state index in [1.165, 1.54) is 6.42 Å². The van der Waals surface area contributed by atoms with Gasteiger partial charge >= 0.3 is 0 Å². The third-order valence-electron chi connectivity index (χ3n) is 5.10. The number of aliphatic hydroxyl groups excluding tert-OH is 1. The van der Waals surface area contributed by atoms with Gasteiger partial charge in [-0.2, -0.15) is 0 Å². The lowest BCUT2D eigenvalue weighted by Gasteiger charge is -2.42. The number of aliphatic hydroxyl groups is 1. The van der Waals surface area contributed by atoms with E-state index in [1.54, 1.807) is 14.2 Å². The average molecular weight is 385 g/mol. The lowest BCUT2D eigenvalue weighted by molar-refractivity contribution is 0.0524. The third kappa shape index (κ3) is 5.49. The van der Waals surface area contributed by atoms with E-state index in [0.29, 0.717) is 28.5 Å². The molecule has 1 heterocycles. The van der Waals surface area contributed by atoms with Crippen LogP contribution in [0.25, 0.3) is 0 Å². The van der Waals surface area contributed by atoms with Crippen molar-refractivity contribution in [2.45, 2.75) is 39.3 Å². The molecule has 0 unspecified atom stereocenters. The SMILES string of the molecule is COc1ccc(CN2CCN(CCC(C)C)[C@H](CCO)C2)c(Cl)c1OC. The summed E-state index contributed by atoms with van der Waals surface area (Å²) in [4.78, 5) is 4.95. The Morgan fingerprint density at radius 3 is 2.62 bits per heavy atom. The molecule has 0 spiro atoms. The van der Waals surface area contributed by atoms with E-state index < -0.39 is 0 Å². The van der Waals surface area contributed by atoms with Gasteiger partial charge in [0.25, 0.3) is 0 Å². The second-order valence-corrected chi connectivity index (χ2v) is 7.77. The molecule has 6 heteroatoms. The van der Waals surface area contributed by atoms with Gasteiger partial charge in [0.05, 0.1) is 19.2 Å². The number of hydrogen-bond acceptors (Lipinski definition) is 5. The summed E-state index contributed by atoms with van der Waals surface area (Å²) < 4.78 is 10.7. The van der Waals surface area contributed by atoms with Crippen LogP contribution in [0, 0.1) is 5.92 Å². The topological polar surface area (TPSA) is 45.2 Å². The lowest BCUT2D eigenvalue weighted by Crippen LogP contribution is -2.53. The largest absolute Gasteiger partial charge is 0.493 e. The van der Waals surface area contributed by atoms with E-state index in [4.69, 9.17) is 21.1 Å². The Balaban J connectivity index is 2.04. The molecule has 0 radical (unpaired) electrons. The zero-order valence-electron chi connectivity index (χ0n) is 16.5. The first-order valence-electron chi connectivity index (χ1n) is 9.46. The van der Waals surface area contributed by atoms with Crippen molar-refractivity contribution in [2.24, 2.45) is 5.92 Å². The van der Waals surface area contributed by atoms with Crippen LogP contribution in [0.15, 0.2) is 12.1 Å². The number of methoxy groups -OCH3 is 2. The molecule has 0 bridgehead atoms. The van der Waals surface area contributed by atoms with Crippen LogP contribution in [0.4, 0.5) is 0 Å². The molecule has 0 aliphatic carbocycles. The second-order valence-electron chi connectivity index (χ2n) is 7.39. The summed E-state index contributed by atoms with van der Waals surface area (Å²) >= 11 is 6.54. The Kier molecular flexibility index (Phi) is 8.48. The van der Waals surface area contributed by atoms with Gasteiger partial charge in [-0.3, -0.25) is 9.80 Å². The fourth-order valence-corrected chi connectivity index (χ4v) is 3.83. The number of nitrogens with zero attached hydrogens (tertiary/aromatic N) is 2. The maximum Gasteiger partial charge on any atom is 0.179 e. The van der Waals surface area contributed by atoms with Gasteiger partial charge in [-0.25, -0.2) is 0 Å². The van der Waals surface area contributed by atoms with Crippen LogP contribution < -0.4 is 9.47 Å². The monoisotopic (exact) mass is 384 g/mol. The molecule has 26 heavy (non-hydrogen) atoms. The highest BCUT2D eigenvalue weighted by atomic mass is 35.5. The first kappa shape index (κ1) is 21.3. The van der Waals surface area contributed by atoms with E-state index >= 15 is 0 Å². The van der Waals surface area contributed by atoms with Crippen molar-refractivity contribution in [3.63, 3.8) is 0 Å². The number of rotatable bonds is 9. The van der Waals surface area contributed by atoms with E-state index in [9.17, 15) is 5.11 Å². The first-order valence-corrected chi connectivity index (χ1v) is 9.84. The molecule has 0 aromatic heterocycles. The highest BCUT2D eigenvalue weighted by molar-refractivity contribution is 6.33. The van der Waals surface area contributed by atoms with Crippen LogP contribution in [0.1, 0.15) is 32.3 Å². The number of halogens is 1. The third-order valence-corrected chi connectivity index (χ3v) is 5.52. The minimum absolute atomic E-state index is 0.230. The van der Waals surface area contributed by atoms with Crippen molar-refractivity contribution >= 4 is 11.6 Å². The highest BCUT2D eigenvalue weighted by Crippen LogP contribution is 2.37. The molecule has 148 valence electrons. The van der Waals surface area contributed by atoms with Gasteiger partial charge < -0.3 is 14.6 Å². The Labute approximate surface area is 162 Å². The van der Waals surface area contributed by atoms with Gasteiger partial charge in [-0.05, 0) is 36.9 Å². The molecule has 1 aliphatic heterocycles. The predicted octanol–water partition coefficient (Wildman–Crippen LogP) is 3.27. The van der Waals surface area contributed by atoms with Crippen molar-refractivity contribution in [2.75, 3.05) is 47.0 Å². The lowest BCUT2D eigenvalue weighted by atomic mass is 10.0. The van der Waals surface area contributed by atoms with Gasteiger partial charge in [-0.1, -0.05) is 31.5 Å². The van der Waals surface area contributed by atoms with Crippen molar-refractivity contribution in [3.05, 3.63) is 22.7 Å². The standard InChI is InChI=1S/C20H33ClN2O3/c1-15(2)7-9-23-11-10-22(14-17(23)8-12-24)13-16-5-6-18(25-3)20(26-4)19(16)21/h5-6,15,17,24H,7-14H2,1-4H3/t17-/m1/s1. The van der Waals surface area contributed by atoms with Crippen LogP contribution in [0.5, 0.6) is 11.5 Å². The summed E-state index contributed by atoms with van der Waals surface area (Å²) in [5.41, 5.74) is 1.04. The Morgan fingerprint density at radius 2 is 2.00 bits per heavy atom. The summed E-state index contributed by atoms with van der Waals surface area (Å²) in [6, 6.07) is 4.31. The summed E-state index contributed by atoms with van der Waals surface area (Å²) in [6.07, 6.45) is 2.01. The molecule has 1 atom stereocenters. The summed E-state index contributed by atoms with van der Waals surface area (Å²) in [7, 11) is 3.22. The molecule has 1 fully saturated rings. The van der Waals surface area contributed by atoms with Crippen molar-refractivity contribution in [1.82, 2.24) is 9.80 Å². The molecule has 2 rings (SSSR count). The van der Waals surface area contributed by atoms with Crippen LogP contribution in [0.2, 0.25) is 5.02 Å². The fourth-order valence-electron chi connectivity index (χ4n) is 3.54. The zero-order valence-corrected chi connectivity index (χ0v) is 17.3. The van der Waals surface area contributed by atoms with Crippen LogP contribution in [-0.4, -0.2) is 68.0 Å². The molecule has 0 saturated carbocycles. The van der Waals surface area contributed by atoms with Gasteiger partial charge in [-0.15, -0.1) is 0 Å². The van der Waals surface area contributed by atoms with Crippen LogP contribution in [-0.2, 0) is 6.54 Å². The minimum Gasteiger partial charge on any atom is -0.493 e. The molecule has 1 saturated heterocycles. The predicted molar refractivity (Wildman–Crippen MR) is 106 cm³/mol. The van der Waals surface area contributed by atoms with Crippen LogP contribution in [0.3, 0.4) is 0 Å². The Hall–Kier alpha value is -1.01. The molecular formula is C20H33ClN2O3. The van der Waals surface area contributed by atoms with Gasteiger partial charge in [0.2, 0.25) is 0 Å². The Bertz CT molecular complexity index is 568. The molecule has 1 aliphatic rings. The molecule has 1 aromatic carbocycles. The number of hydrogen-bond donors (Lipinski definition) is 1. The van der Waals surface area contributed by atoms with E-state index in [2.05, 4.69) is 23.6 Å². The van der Waals surface area contributed by atoms with Gasteiger partial charge in [0, 0.05) is 38.8 Å². The van der Waals surface area contributed by atoms with Crippen molar-refractivity contribution in [1.29, 1.82) is 0 Å². The van der Waals surface area contributed by atoms with Crippen molar-refractivity contribution in [3.8, 4) is 11.5 Å². The van der Waals surface area contributed by atoms with E-state index in [1.807, 2.05) is 12.1 Å². The average Bonchev–Trinajstić information content (AvgIpc) is 2.62. The molecule has 0 amide bonds. The quantitative estimate of drug-likeness (QED) is 0.707. The summed E-state index contributed by atoms with van der Waals surface area (Å²) in [5, 5.41) is 10.1. The first-order chi connectivity index (χ1) is 12.5. The van der Waals surface area contributed by atoms with Crippen LogP contribution >= 0.6 is 11.6 Å².